The van der Waals surface area contributed by atoms with Gasteiger partial charge >= 0.3 is 51.4 Å². The average molecular weight is 326 g/mol. The minimum atomic E-state index is -5.58. The van der Waals surface area contributed by atoms with Gasteiger partial charge in [0.2, 0.25) is 0 Å². The topological polar surface area (TPSA) is 122 Å². The molecule has 0 rings (SSSR count). The van der Waals surface area contributed by atoms with Gasteiger partial charge in [-0.05, 0) is 12.3 Å². The summed E-state index contributed by atoms with van der Waals surface area (Å²) in [4.78, 5) is 31.2. The Kier molecular flexibility index (Phi) is 13.1. The maximum atomic E-state index is 11.0. The fraction of sp³-hybridized carbons (Fsp3) is 1.00. The number of phosphoric ester groups is 1. The molecule has 0 aliphatic heterocycles. The normalized spacial score (nSPS) is 16.7. The summed E-state index contributed by atoms with van der Waals surface area (Å²) >= 11 is 0. The number of phosphoric acid groups is 2. The van der Waals surface area contributed by atoms with Gasteiger partial charge < -0.3 is 23.8 Å². The molecule has 0 spiro atoms. The summed E-state index contributed by atoms with van der Waals surface area (Å²) < 4.78 is 28.8. The van der Waals surface area contributed by atoms with Crippen LogP contribution in [0.3, 0.4) is 0 Å². The summed E-state index contributed by atoms with van der Waals surface area (Å²) in [6.45, 7) is 3.70. The van der Waals surface area contributed by atoms with Gasteiger partial charge in [0.05, 0.1) is 14.4 Å². The number of rotatable bonds is 9. The minimum absolute atomic E-state index is 0. The number of hydrogen-bond donors (Lipinski definition) is 0. The van der Waals surface area contributed by atoms with Gasteiger partial charge in [-0.1, -0.05) is 33.1 Å². The Morgan fingerprint density at radius 3 is 2.11 bits per heavy atom. The molecule has 10 heteroatoms. The molecule has 7 nitrogen and oxygen atoms in total. The smallest absolute Gasteiger partial charge is 0.790 e. The van der Waals surface area contributed by atoms with Crippen LogP contribution in [0.15, 0.2) is 0 Å². The van der Waals surface area contributed by atoms with Crippen LogP contribution >= 0.6 is 15.6 Å². The third kappa shape index (κ3) is 12.9. The fourth-order valence-corrected chi connectivity index (χ4v) is 2.80. The van der Waals surface area contributed by atoms with E-state index in [0.29, 0.717) is 6.42 Å². The molecule has 0 aliphatic rings. The van der Waals surface area contributed by atoms with E-state index in [4.69, 9.17) is 0 Å². The summed E-state index contributed by atoms with van der Waals surface area (Å²) in [5.41, 5.74) is 0. The molecule has 0 saturated carbocycles. The molecule has 2 unspecified atom stereocenters. The zero-order chi connectivity index (χ0) is 13.5. The average Bonchev–Trinajstić information content (AvgIpc) is 2.14. The van der Waals surface area contributed by atoms with E-state index in [2.05, 4.69) is 8.83 Å². The molecule has 0 fully saturated rings. The van der Waals surface area contributed by atoms with E-state index in [1.165, 1.54) is 0 Å². The zero-order valence-corrected chi connectivity index (χ0v) is 15.8. The van der Waals surface area contributed by atoms with Crippen molar-refractivity contribution in [3.05, 3.63) is 0 Å². The van der Waals surface area contributed by atoms with Gasteiger partial charge in [-0.2, -0.15) is 0 Å². The SMILES string of the molecule is CCCCC(CC)COP(=O)([O-])OP(=O)([O-])[O-].[K+]. The molecule has 0 saturated heterocycles. The van der Waals surface area contributed by atoms with E-state index < -0.39 is 15.6 Å². The Labute approximate surface area is 150 Å². The van der Waals surface area contributed by atoms with Crippen molar-refractivity contribution < 1.29 is 84.0 Å². The van der Waals surface area contributed by atoms with Gasteiger partial charge in [-0.15, -0.1) is 0 Å². The Balaban J connectivity index is 0. The van der Waals surface area contributed by atoms with E-state index in [1.807, 2.05) is 13.8 Å². The van der Waals surface area contributed by atoms with Crippen molar-refractivity contribution in [1.29, 1.82) is 0 Å². The molecule has 0 aromatic heterocycles. The Morgan fingerprint density at radius 1 is 1.17 bits per heavy atom. The summed E-state index contributed by atoms with van der Waals surface area (Å²) in [6.07, 6.45) is 3.37. The molecule has 0 aromatic carbocycles. The monoisotopic (exact) mass is 326 g/mol. The molecule has 2 atom stereocenters. The van der Waals surface area contributed by atoms with Crippen molar-refractivity contribution >= 4 is 15.6 Å². The van der Waals surface area contributed by atoms with Crippen LogP contribution in [-0.4, -0.2) is 6.61 Å². The van der Waals surface area contributed by atoms with Gasteiger partial charge in [0, 0.05) is 0 Å². The molecule has 0 radical (unpaired) electrons. The third-order valence-electron chi connectivity index (χ3n) is 2.21. The first-order chi connectivity index (χ1) is 7.70. The quantitative estimate of drug-likeness (QED) is 0.340. The Hall–Kier alpha value is 1.90. The maximum Gasteiger partial charge on any atom is 1.00 e. The summed E-state index contributed by atoms with van der Waals surface area (Å²) in [6, 6.07) is 0. The second kappa shape index (κ2) is 10.6. The van der Waals surface area contributed by atoms with Crippen LogP contribution in [0.25, 0.3) is 0 Å². The molecular weight excluding hydrogens is 309 g/mol. The van der Waals surface area contributed by atoms with Gasteiger partial charge in [0.15, 0.2) is 0 Å². The molecule has 104 valence electrons. The fourth-order valence-electron chi connectivity index (χ4n) is 1.24. The van der Waals surface area contributed by atoms with E-state index in [-0.39, 0.29) is 63.9 Å². The van der Waals surface area contributed by atoms with E-state index in [9.17, 15) is 23.8 Å². The van der Waals surface area contributed by atoms with Crippen LogP contribution < -0.4 is 66.1 Å². The molecule has 0 bridgehead atoms. The predicted octanol–water partition coefficient (Wildman–Crippen LogP) is -2.46. The van der Waals surface area contributed by atoms with Crippen molar-refractivity contribution in [3.63, 3.8) is 0 Å². The summed E-state index contributed by atoms with van der Waals surface area (Å²) in [7, 11) is -10.6. The second-order valence-electron chi connectivity index (χ2n) is 3.69. The van der Waals surface area contributed by atoms with Crippen LogP contribution in [0.2, 0.25) is 0 Å². The molecule has 18 heavy (non-hydrogen) atoms. The molecular formula is C8H17KO7P2-2. The van der Waals surface area contributed by atoms with E-state index >= 15 is 0 Å². The molecule has 0 N–H and O–H groups in total. The van der Waals surface area contributed by atoms with Gasteiger partial charge in [-0.25, -0.2) is 0 Å². The molecule has 0 amide bonds. The van der Waals surface area contributed by atoms with Crippen molar-refractivity contribution in [2.45, 2.75) is 39.5 Å². The van der Waals surface area contributed by atoms with Crippen LogP contribution in [0.1, 0.15) is 39.5 Å². The van der Waals surface area contributed by atoms with Crippen LogP contribution in [0, 0.1) is 5.92 Å². The third-order valence-corrected chi connectivity index (χ3v) is 4.28. The van der Waals surface area contributed by atoms with Gasteiger partial charge in [0.25, 0.3) is 7.82 Å². The number of hydrogen-bond acceptors (Lipinski definition) is 7. The first-order valence-electron chi connectivity index (χ1n) is 5.39. The van der Waals surface area contributed by atoms with E-state index in [0.717, 1.165) is 19.3 Å². The van der Waals surface area contributed by atoms with Crippen LogP contribution in [-0.2, 0) is 18.0 Å². The Bertz CT molecular complexity index is 306. The van der Waals surface area contributed by atoms with Crippen molar-refractivity contribution in [3.8, 4) is 0 Å². The number of unbranched alkanes of at least 4 members (excludes halogenated alkanes) is 1. The summed E-state index contributed by atoms with van der Waals surface area (Å²) in [5, 5.41) is 0. The van der Waals surface area contributed by atoms with Crippen LogP contribution in [0.4, 0.5) is 0 Å². The predicted molar refractivity (Wildman–Crippen MR) is 55.6 cm³/mol. The van der Waals surface area contributed by atoms with Crippen molar-refractivity contribution in [2.75, 3.05) is 6.61 Å². The van der Waals surface area contributed by atoms with Gasteiger partial charge in [-0.3, -0.25) is 8.88 Å². The molecule has 0 aliphatic carbocycles. The zero-order valence-electron chi connectivity index (χ0n) is 10.9. The van der Waals surface area contributed by atoms with Gasteiger partial charge in [0.1, 0.15) is 0 Å². The summed E-state index contributed by atoms with van der Waals surface area (Å²) in [5.74, 6) is -0.00138. The van der Waals surface area contributed by atoms with E-state index in [1.54, 1.807) is 0 Å². The first kappa shape index (κ1) is 22.2. The minimum Gasteiger partial charge on any atom is -0.790 e. The largest absolute Gasteiger partial charge is 1.00 e. The van der Waals surface area contributed by atoms with Crippen molar-refractivity contribution in [1.82, 2.24) is 0 Å². The van der Waals surface area contributed by atoms with Crippen molar-refractivity contribution in [2.24, 2.45) is 5.92 Å². The molecule has 0 aromatic rings. The standard InChI is InChI=1S/C8H20O7P2.K/c1-3-5-6-8(4-2)7-14-17(12,13)15-16(9,10)11;/h8H,3-7H2,1-2H3,(H,12,13)(H2,9,10,11);/q;+1/p-3. The Morgan fingerprint density at radius 2 is 1.72 bits per heavy atom. The van der Waals surface area contributed by atoms with Crippen LogP contribution in [0.5, 0.6) is 0 Å². The first-order valence-corrected chi connectivity index (χ1v) is 8.31. The molecule has 0 heterocycles. The maximum absolute atomic E-state index is 11.0. The second-order valence-corrected chi connectivity index (χ2v) is 6.39.